The number of rotatable bonds is 6. The number of alkyl carbamates (subject to hydrolysis) is 1. The van der Waals surface area contributed by atoms with E-state index in [2.05, 4.69) is 5.32 Å². The van der Waals surface area contributed by atoms with Gasteiger partial charge in [0, 0.05) is 30.4 Å². The Morgan fingerprint density at radius 2 is 1.79 bits per heavy atom. The second-order valence-corrected chi connectivity index (χ2v) is 12.9. The van der Waals surface area contributed by atoms with E-state index in [9.17, 15) is 36.0 Å². The predicted octanol–water partition coefficient (Wildman–Crippen LogP) is 4.66. The molecule has 0 unspecified atom stereocenters. The number of Topliss-reactive ketones (excluding diaryl/α,β-unsaturated/α-hetero) is 1. The van der Waals surface area contributed by atoms with Crippen molar-refractivity contribution in [1.82, 2.24) is 5.32 Å². The molecule has 1 fully saturated rings. The van der Waals surface area contributed by atoms with Crippen molar-refractivity contribution in [3.8, 4) is 0 Å². The summed E-state index contributed by atoms with van der Waals surface area (Å²) in [7, 11) is -4.20. The van der Waals surface area contributed by atoms with Crippen LogP contribution in [0.2, 0.25) is 0 Å². The van der Waals surface area contributed by atoms with Gasteiger partial charge in [0.05, 0.1) is 22.9 Å². The Labute approximate surface area is 224 Å². The second-order valence-electron chi connectivity index (χ2n) is 10.9. The van der Waals surface area contributed by atoms with Crippen LogP contribution in [-0.2, 0) is 25.9 Å². The second kappa shape index (κ2) is 10.3. The standard InChI is InChI=1S/C27H29F3N2O6S/c1-26(2,3)38-25(35)31-20-15-39(36,37)23-9-8-17(22(33)10-16-12-27(29,30)13-16)11-21(23)32(24(20)34)14-18-6-4-5-7-19(18)28/h4-9,11,16,20H,10,12-15H2,1-3H3,(H,31,35)/t20-/m0/s1. The van der Waals surface area contributed by atoms with Crippen LogP contribution in [0.15, 0.2) is 47.4 Å². The molecule has 1 aliphatic heterocycles. The molecular weight excluding hydrogens is 537 g/mol. The molecule has 0 saturated heterocycles. The number of fused-ring (bicyclic) bond motifs is 1. The highest BCUT2D eigenvalue weighted by molar-refractivity contribution is 7.91. The molecule has 210 valence electrons. The molecule has 1 aliphatic carbocycles. The average molecular weight is 567 g/mol. The fourth-order valence-corrected chi connectivity index (χ4v) is 6.28. The Kier molecular flexibility index (Phi) is 7.54. The maximum absolute atomic E-state index is 14.6. The van der Waals surface area contributed by atoms with Crippen molar-refractivity contribution in [3.05, 3.63) is 59.4 Å². The molecular formula is C27H29F3N2O6S. The van der Waals surface area contributed by atoms with Gasteiger partial charge in [-0.25, -0.2) is 26.4 Å². The lowest BCUT2D eigenvalue weighted by Crippen LogP contribution is -2.51. The lowest BCUT2D eigenvalue weighted by Gasteiger charge is -2.34. The molecule has 2 aromatic rings. The van der Waals surface area contributed by atoms with E-state index in [-0.39, 0.29) is 28.1 Å². The number of sulfone groups is 1. The Bertz CT molecular complexity index is 1410. The van der Waals surface area contributed by atoms with Gasteiger partial charge in [0.2, 0.25) is 5.92 Å². The van der Waals surface area contributed by atoms with Crippen LogP contribution < -0.4 is 10.2 Å². The van der Waals surface area contributed by atoms with E-state index < -0.39 is 82.1 Å². The van der Waals surface area contributed by atoms with Gasteiger partial charge in [0.1, 0.15) is 17.5 Å². The molecule has 1 heterocycles. The van der Waals surface area contributed by atoms with E-state index in [0.717, 1.165) is 4.90 Å². The predicted molar refractivity (Wildman–Crippen MR) is 136 cm³/mol. The third-order valence-electron chi connectivity index (χ3n) is 6.48. The molecule has 0 aromatic heterocycles. The third-order valence-corrected chi connectivity index (χ3v) is 8.27. The van der Waals surface area contributed by atoms with Crippen LogP contribution in [0.1, 0.15) is 56.0 Å². The van der Waals surface area contributed by atoms with Crippen LogP contribution in [0.4, 0.5) is 23.7 Å². The number of anilines is 1. The smallest absolute Gasteiger partial charge is 0.408 e. The van der Waals surface area contributed by atoms with Crippen molar-refractivity contribution in [1.29, 1.82) is 0 Å². The maximum Gasteiger partial charge on any atom is 0.408 e. The van der Waals surface area contributed by atoms with Crippen LogP contribution in [0, 0.1) is 11.7 Å². The van der Waals surface area contributed by atoms with Gasteiger partial charge in [0.25, 0.3) is 5.91 Å². The number of alkyl halides is 2. The number of hydrogen-bond acceptors (Lipinski definition) is 6. The number of benzene rings is 2. The minimum absolute atomic E-state index is 0.0315. The first kappa shape index (κ1) is 28.6. The van der Waals surface area contributed by atoms with Gasteiger partial charge < -0.3 is 15.0 Å². The number of ether oxygens (including phenoxy) is 1. The molecule has 1 atom stereocenters. The number of carbonyl (C=O) groups excluding carboxylic acids is 3. The first-order chi connectivity index (χ1) is 18.0. The van der Waals surface area contributed by atoms with Gasteiger partial charge in [-0.1, -0.05) is 18.2 Å². The van der Waals surface area contributed by atoms with Gasteiger partial charge in [0.15, 0.2) is 15.6 Å². The number of hydrogen-bond donors (Lipinski definition) is 1. The van der Waals surface area contributed by atoms with Gasteiger partial charge in [-0.3, -0.25) is 9.59 Å². The van der Waals surface area contributed by atoms with Crippen LogP contribution in [0.5, 0.6) is 0 Å². The lowest BCUT2D eigenvalue weighted by molar-refractivity contribution is -0.120. The SMILES string of the molecule is CC(C)(C)OC(=O)N[C@H]1CS(=O)(=O)c2ccc(C(=O)CC3CC(F)(F)C3)cc2N(Cc2ccccc2F)C1=O. The van der Waals surface area contributed by atoms with Crippen LogP contribution in [0.3, 0.4) is 0 Å². The summed E-state index contributed by atoms with van der Waals surface area (Å²) in [5.41, 5.74) is -0.988. The molecule has 1 saturated carbocycles. The fraction of sp³-hybridized carbons (Fsp3) is 0.444. The van der Waals surface area contributed by atoms with Crippen LogP contribution >= 0.6 is 0 Å². The highest BCUT2D eigenvalue weighted by atomic mass is 32.2. The van der Waals surface area contributed by atoms with E-state index in [1.807, 2.05) is 0 Å². The monoisotopic (exact) mass is 566 g/mol. The summed E-state index contributed by atoms with van der Waals surface area (Å²) >= 11 is 0. The Morgan fingerprint density at radius 1 is 1.13 bits per heavy atom. The van der Waals surface area contributed by atoms with E-state index in [1.165, 1.54) is 36.4 Å². The van der Waals surface area contributed by atoms with Crippen molar-refractivity contribution >= 4 is 33.3 Å². The minimum Gasteiger partial charge on any atom is -0.444 e. The Hall–Kier alpha value is -3.41. The highest BCUT2D eigenvalue weighted by Crippen LogP contribution is 2.44. The molecule has 12 heteroatoms. The number of nitrogens with zero attached hydrogens (tertiary/aromatic N) is 1. The molecule has 0 radical (unpaired) electrons. The summed E-state index contributed by atoms with van der Waals surface area (Å²) in [5.74, 6) is -6.08. The summed E-state index contributed by atoms with van der Waals surface area (Å²) < 4.78 is 73.0. The summed E-state index contributed by atoms with van der Waals surface area (Å²) in [6.45, 7) is 4.40. The normalized spacial score (nSPS) is 20.4. The number of nitrogens with one attached hydrogen (secondary N) is 1. The number of carbonyl (C=O) groups is 3. The average Bonchev–Trinajstić information content (AvgIpc) is 2.86. The summed E-state index contributed by atoms with van der Waals surface area (Å²) in [6, 6.07) is 7.68. The summed E-state index contributed by atoms with van der Waals surface area (Å²) in [6.07, 6.45) is -1.99. The zero-order valence-corrected chi connectivity index (χ0v) is 22.5. The minimum atomic E-state index is -4.20. The van der Waals surface area contributed by atoms with Crippen molar-refractivity contribution in [2.75, 3.05) is 10.7 Å². The number of amides is 2. The van der Waals surface area contributed by atoms with Gasteiger partial charge in [-0.2, -0.15) is 0 Å². The molecule has 0 bridgehead atoms. The van der Waals surface area contributed by atoms with Gasteiger partial charge in [-0.15, -0.1) is 0 Å². The van der Waals surface area contributed by atoms with Gasteiger partial charge >= 0.3 is 6.09 Å². The van der Waals surface area contributed by atoms with Gasteiger partial charge in [-0.05, 0) is 51.0 Å². The van der Waals surface area contributed by atoms with Crippen molar-refractivity contribution in [2.45, 2.75) is 69.0 Å². The Balaban J connectivity index is 1.73. The first-order valence-electron chi connectivity index (χ1n) is 12.4. The summed E-state index contributed by atoms with van der Waals surface area (Å²) in [4.78, 5) is 39.8. The number of ketones is 1. The van der Waals surface area contributed by atoms with Crippen LogP contribution in [-0.4, -0.2) is 49.5 Å². The zero-order chi connectivity index (χ0) is 28.8. The first-order valence-corrected chi connectivity index (χ1v) is 14.0. The zero-order valence-electron chi connectivity index (χ0n) is 21.7. The van der Waals surface area contributed by atoms with Crippen molar-refractivity contribution in [3.63, 3.8) is 0 Å². The van der Waals surface area contributed by atoms with Crippen LogP contribution in [0.25, 0.3) is 0 Å². The van der Waals surface area contributed by atoms with Crippen molar-refractivity contribution < 1.29 is 40.7 Å². The van der Waals surface area contributed by atoms with E-state index in [0.29, 0.717) is 0 Å². The maximum atomic E-state index is 14.6. The largest absolute Gasteiger partial charge is 0.444 e. The number of halogens is 3. The molecule has 8 nitrogen and oxygen atoms in total. The molecule has 2 aromatic carbocycles. The van der Waals surface area contributed by atoms with E-state index in [1.54, 1.807) is 26.8 Å². The molecule has 39 heavy (non-hydrogen) atoms. The molecule has 1 N–H and O–H groups in total. The fourth-order valence-electron chi connectivity index (χ4n) is 4.67. The topological polar surface area (TPSA) is 110 Å². The molecule has 2 aliphatic rings. The highest BCUT2D eigenvalue weighted by Gasteiger charge is 2.46. The molecule has 0 spiro atoms. The summed E-state index contributed by atoms with van der Waals surface area (Å²) in [5, 5.41) is 2.31. The Morgan fingerprint density at radius 3 is 2.41 bits per heavy atom. The van der Waals surface area contributed by atoms with E-state index in [4.69, 9.17) is 4.74 Å². The van der Waals surface area contributed by atoms with Crippen molar-refractivity contribution in [2.24, 2.45) is 5.92 Å². The molecule has 4 rings (SSSR count). The third kappa shape index (κ3) is 6.60. The lowest BCUT2D eigenvalue weighted by atomic mass is 9.77. The quantitative estimate of drug-likeness (QED) is 0.510. The van der Waals surface area contributed by atoms with E-state index >= 15 is 0 Å². The molecule has 2 amide bonds.